The van der Waals surface area contributed by atoms with Gasteiger partial charge < -0.3 is 19.9 Å². The normalized spacial score (nSPS) is 12.0. The third-order valence-electron chi connectivity index (χ3n) is 3.05. The predicted molar refractivity (Wildman–Crippen MR) is 90.2 cm³/mol. The summed E-state index contributed by atoms with van der Waals surface area (Å²) in [5.74, 6) is -0.711. The van der Waals surface area contributed by atoms with E-state index in [4.69, 9.17) is 9.47 Å². The van der Waals surface area contributed by atoms with Crippen LogP contribution in [0.5, 0.6) is 11.5 Å². The summed E-state index contributed by atoms with van der Waals surface area (Å²) in [7, 11) is 1.43. The molecule has 0 aliphatic rings. The molecule has 2 N–H and O–H groups in total. The van der Waals surface area contributed by atoms with Crippen molar-refractivity contribution in [3.63, 3.8) is 0 Å². The summed E-state index contributed by atoms with van der Waals surface area (Å²) < 4.78 is 10.3. The molecule has 0 saturated heterocycles. The molecule has 0 heterocycles. The summed E-state index contributed by atoms with van der Waals surface area (Å²) in [5, 5.41) is 12.4. The van der Waals surface area contributed by atoms with Crippen molar-refractivity contribution in [3.8, 4) is 11.5 Å². The van der Waals surface area contributed by atoms with E-state index in [2.05, 4.69) is 21.2 Å². The maximum atomic E-state index is 11.6. The maximum Gasteiger partial charge on any atom is 0.331 e. The first-order valence-electron chi connectivity index (χ1n) is 7.08. The highest BCUT2D eigenvalue weighted by molar-refractivity contribution is 9.10. The summed E-state index contributed by atoms with van der Waals surface area (Å²) in [5.41, 5.74) is 0.632. The second-order valence-electron chi connectivity index (χ2n) is 4.87. The van der Waals surface area contributed by atoms with Crippen molar-refractivity contribution in [2.45, 2.75) is 26.3 Å². The number of methoxy groups -OCH3 is 1. The minimum atomic E-state index is -0.632. The Morgan fingerprint density at radius 1 is 1.43 bits per heavy atom. The zero-order chi connectivity index (χ0) is 17.4. The van der Waals surface area contributed by atoms with Gasteiger partial charge in [-0.3, -0.25) is 4.79 Å². The van der Waals surface area contributed by atoms with Crippen LogP contribution in [-0.2, 0) is 14.3 Å². The van der Waals surface area contributed by atoms with Crippen molar-refractivity contribution in [2.24, 2.45) is 0 Å². The Kier molecular flexibility index (Phi) is 7.61. The SMILES string of the molecule is CC[C@@H](C)NC(=O)COC(=O)/C=C/c1cc(Br)c(O)c(OC)c1. The lowest BCUT2D eigenvalue weighted by atomic mass is 10.2. The average molecular weight is 386 g/mol. The van der Waals surface area contributed by atoms with E-state index < -0.39 is 5.97 Å². The van der Waals surface area contributed by atoms with Crippen LogP contribution < -0.4 is 10.1 Å². The predicted octanol–water partition coefficient (Wildman–Crippen LogP) is 2.63. The van der Waals surface area contributed by atoms with Crippen LogP contribution in [-0.4, -0.2) is 36.7 Å². The van der Waals surface area contributed by atoms with Gasteiger partial charge in [-0.1, -0.05) is 6.92 Å². The van der Waals surface area contributed by atoms with E-state index in [1.807, 2.05) is 13.8 Å². The molecule has 0 aliphatic heterocycles. The van der Waals surface area contributed by atoms with E-state index in [-0.39, 0.29) is 30.1 Å². The summed E-state index contributed by atoms with van der Waals surface area (Å²) in [4.78, 5) is 23.1. The highest BCUT2D eigenvalue weighted by Gasteiger charge is 2.09. The number of aromatic hydroxyl groups is 1. The van der Waals surface area contributed by atoms with Crippen molar-refractivity contribution in [3.05, 3.63) is 28.2 Å². The molecule has 0 saturated carbocycles. The van der Waals surface area contributed by atoms with Crippen molar-refractivity contribution in [1.82, 2.24) is 5.32 Å². The number of ether oxygens (including phenoxy) is 2. The molecule has 6 nitrogen and oxygen atoms in total. The van der Waals surface area contributed by atoms with Gasteiger partial charge in [0.25, 0.3) is 5.91 Å². The van der Waals surface area contributed by atoms with Crippen LogP contribution in [0.25, 0.3) is 6.08 Å². The number of halogens is 1. The maximum absolute atomic E-state index is 11.6. The molecule has 0 radical (unpaired) electrons. The summed E-state index contributed by atoms with van der Waals surface area (Å²) in [6, 6.07) is 3.23. The minimum Gasteiger partial charge on any atom is -0.503 e. The Balaban J connectivity index is 2.59. The molecule has 23 heavy (non-hydrogen) atoms. The molecule has 1 atom stereocenters. The summed E-state index contributed by atoms with van der Waals surface area (Å²) in [6.07, 6.45) is 3.51. The number of phenolic OH excluding ortho intramolecular Hbond substituents is 1. The van der Waals surface area contributed by atoms with Gasteiger partial charge in [-0.05, 0) is 53.0 Å². The second kappa shape index (κ2) is 9.19. The number of amides is 1. The number of carbonyl (C=O) groups is 2. The first-order valence-corrected chi connectivity index (χ1v) is 7.87. The molecule has 1 aromatic carbocycles. The molecular formula is C16H20BrNO5. The zero-order valence-electron chi connectivity index (χ0n) is 13.3. The Hall–Kier alpha value is -2.02. The minimum absolute atomic E-state index is 0.0195. The van der Waals surface area contributed by atoms with Crippen LogP contribution in [0.15, 0.2) is 22.7 Å². The largest absolute Gasteiger partial charge is 0.503 e. The first-order chi connectivity index (χ1) is 10.9. The van der Waals surface area contributed by atoms with Crippen LogP contribution in [0.2, 0.25) is 0 Å². The van der Waals surface area contributed by atoms with Gasteiger partial charge in [-0.15, -0.1) is 0 Å². The lowest BCUT2D eigenvalue weighted by Gasteiger charge is -2.10. The van der Waals surface area contributed by atoms with Gasteiger partial charge in [0.2, 0.25) is 0 Å². The van der Waals surface area contributed by atoms with Crippen molar-refractivity contribution in [2.75, 3.05) is 13.7 Å². The third kappa shape index (κ3) is 6.32. The van der Waals surface area contributed by atoms with Crippen LogP contribution >= 0.6 is 15.9 Å². The van der Waals surface area contributed by atoms with Crippen LogP contribution in [0.4, 0.5) is 0 Å². The van der Waals surface area contributed by atoms with Crippen LogP contribution in [0.1, 0.15) is 25.8 Å². The summed E-state index contributed by atoms with van der Waals surface area (Å²) in [6.45, 7) is 3.50. The van der Waals surface area contributed by atoms with Gasteiger partial charge >= 0.3 is 5.97 Å². The fourth-order valence-electron chi connectivity index (χ4n) is 1.61. The first kappa shape index (κ1) is 19.0. The van der Waals surface area contributed by atoms with Crippen molar-refractivity contribution in [1.29, 1.82) is 0 Å². The smallest absolute Gasteiger partial charge is 0.331 e. The van der Waals surface area contributed by atoms with Crippen molar-refractivity contribution < 1.29 is 24.2 Å². The third-order valence-corrected chi connectivity index (χ3v) is 3.65. The molecule has 0 fully saturated rings. The molecule has 0 spiro atoms. The number of esters is 1. The molecule has 0 unspecified atom stereocenters. The standard InChI is InChI=1S/C16H20BrNO5/c1-4-10(2)18-14(19)9-23-15(20)6-5-11-7-12(17)16(21)13(8-11)22-3/h5-8,10,21H,4,9H2,1-3H3,(H,18,19)/b6-5+/t10-/m1/s1. The number of phenols is 1. The Bertz CT molecular complexity index is 600. The molecule has 1 rings (SSSR count). The highest BCUT2D eigenvalue weighted by Crippen LogP contribution is 2.35. The fourth-order valence-corrected chi connectivity index (χ4v) is 2.07. The fraction of sp³-hybridized carbons (Fsp3) is 0.375. The number of carbonyl (C=O) groups excluding carboxylic acids is 2. The molecule has 7 heteroatoms. The topological polar surface area (TPSA) is 84.9 Å². The molecule has 1 amide bonds. The molecular weight excluding hydrogens is 366 g/mol. The van der Waals surface area contributed by atoms with E-state index in [0.717, 1.165) is 6.42 Å². The van der Waals surface area contributed by atoms with Gasteiger partial charge in [-0.2, -0.15) is 0 Å². The number of hydrogen-bond acceptors (Lipinski definition) is 5. The van der Waals surface area contributed by atoms with E-state index in [1.165, 1.54) is 19.3 Å². The number of benzene rings is 1. The van der Waals surface area contributed by atoms with Crippen LogP contribution in [0.3, 0.4) is 0 Å². The quantitative estimate of drug-likeness (QED) is 0.556. The Labute approximate surface area is 143 Å². The van der Waals surface area contributed by atoms with Gasteiger partial charge in [0.05, 0.1) is 11.6 Å². The molecule has 126 valence electrons. The lowest BCUT2D eigenvalue weighted by Crippen LogP contribution is -2.35. The van der Waals surface area contributed by atoms with Gasteiger partial charge in [0, 0.05) is 12.1 Å². The number of rotatable bonds is 7. The van der Waals surface area contributed by atoms with Crippen LogP contribution in [0, 0.1) is 0 Å². The van der Waals surface area contributed by atoms with Gasteiger partial charge in [0.15, 0.2) is 18.1 Å². The molecule has 0 bridgehead atoms. The van der Waals surface area contributed by atoms with E-state index >= 15 is 0 Å². The Morgan fingerprint density at radius 2 is 2.13 bits per heavy atom. The van der Waals surface area contributed by atoms with Crippen molar-refractivity contribution >= 4 is 33.9 Å². The lowest BCUT2D eigenvalue weighted by molar-refractivity contribution is -0.144. The van der Waals surface area contributed by atoms with Gasteiger partial charge in [0.1, 0.15) is 0 Å². The highest BCUT2D eigenvalue weighted by atomic mass is 79.9. The number of hydrogen-bond donors (Lipinski definition) is 2. The molecule has 1 aromatic rings. The average Bonchev–Trinajstić information content (AvgIpc) is 2.53. The van der Waals surface area contributed by atoms with E-state index in [1.54, 1.807) is 12.1 Å². The van der Waals surface area contributed by atoms with E-state index in [0.29, 0.717) is 10.0 Å². The summed E-state index contributed by atoms with van der Waals surface area (Å²) >= 11 is 3.19. The van der Waals surface area contributed by atoms with Gasteiger partial charge in [-0.25, -0.2) is 4.79 Å². The Morgan fingerprint density at radius 3 is 2.74 bits per heavy atom. The van der Waals surface area contributed by atoms with E-state index in [9.17, 15) is 14.7 Å². The second-order valence-corrected chi connectivity index (χ2v) is 5.73. The molecule has 0 aromatic heterocycles. The molecule has 0 aliphatic carbocycles. The zero-order valence-corrected chi connectivity index (χ0v) is 14.8. The monoisotopic (exact) mass is 385 g/mol. The number of nitrogens with one attached hydrogen (secondary N) is 1.